The standard InChI is InChI=1S/C13H21N3OS/c1-9(17)12-7-14-13(18-12)16-6-5-10-3-4-11(8-16)15(10)2/h7,9-11,17H,3-6,8H2,1-2H3. The van der Waals surface area contributed by atoms with Crippen LogP contribution in [0.5, 0.6) is 0 Å². The summed E-state index contributed by atoms with van der Waals surface area (Å²) in [6.45, 7) is 3.98. The number of nitrogens with zero attached hydrogens (tertiary/aromatic N) is 3. The highest BCUT2D eigenvalue weighted by Gasteiger charge is 2.35. The zero-order valence-corrected chi connectivity index (χ0v) is 11.9. The van der Waals surface area contributed by atoms with Gasteiger partial charge < -0.3 is 10.0 Å². The highest BCUT2D eigenvalue weighted by molar-refractivity contribution is 7.15. The summed E-state index contributed by atoms with van der Waals surface area (Å²) >= 11 is 1.63. The van der Waals surface area contributed by atoms with E-state index in [9.17, 15) is 5.11 Å². The summed E-state index contributed by atoms with van der Waals surface area (Å²) < 4.78 is 0. The first-order valence-electron chi connectivity index (χ1n) is 6.76. The van der Waals surface area contributed by atoms with Gasteiger partial charge in [0.05, 0.1) is 11.0 Å². The minimum absolute atomic E-state index is 0.401. The maximum Gasteiger partial charge on any atom is 0.185 e. The van der Waals surface area contributed by atoms with Gasteiger partial charge in [-0.1, -0.05) is 11.3 Å². The van der Waals surface area contributed by atoms with E-state index in [1.165, 1.54) is 19.3 Å². The topological polar surface area (TPSA) is 39.6 Å². The largest absolute Gasteiger partial charge is 0.388 e. The van der Waals surface area contributed by atoms with Gasteiger partial charge in [-0.05, 0) is 33.2 Å². The van der Waals surface area contributed by atoms with Crippen LogP contribution in [0.1, 0.15) is 37.2 Å². The number of thiazole rings is 1. The fourth-order valence-corrected chi connectivity index (χ4v) is 3.99. The molecule has 2 fully saturated rings. The predicted molar refractivity (Wildman–Crippen MR) is 74.2 cm³/mol. The van der Waals surface area contributed by atoms with Crippen LogP contribution in [-0.2, 0) is 0 Å². The van der Waals surface area contributed by atoms with E-state index in [4.69, 9.17) is 0 Å². The molecule has 0 radical (unpaired) electrons. The lowest BCUT2D eigenvalue weighted by Crippen LogP contribution is -2.36. The molecule has 100 valence electrons. The lowest BCUT2D eigenvalue weighted by molar-refractivity contribution is 0.203. The van der Waals surface area contributed by atoms with Crippen molar-refractivity contribution in [3.63, 3.8) is 0 Å². The molecule has 1 N–H and O–H groups in total. The Labute approximate surface area is 112 Å². The van der Waals surface area contributed by atoms with Crippen LogP contribution >= 0.6 is 11.3 Å². The van der Waals surface area contributed by atoms with Gasteiger partial charge in [0.2, 0.25) is 0 Å². The van der Waals surface area contributed by atoms with Crippen molar-refractivity contribution in [3.05, 3.63) is 11.1 Å². The van der Waals surface area contributed by atoms with E-state index in [1.807, 2.05) is 6.20 Å². The third-order valence-electron chi connectivity index (χ3n) is 4.34. The molecule has 2 saturated heterocycles. The van der Waals surface area contributed by atoms with Crippen LogP contribution in [0, 0.1) is 0 Å². The number of rotatable bonds is 2. The Morgan fingerprint density at radius 1 is 1.39 bits per heavy atom. The van der Waals surface area contributed by atoms with Gasteiger partial charge in [-0.15, -0.1) is 0 Å². The van der Waals surface area contributed by atoms with E-state index in [1.54, 1.807) is 18.3 Å². The molecule has 0 amide bonds. The summed E-state index contributed by atoms with van der Waals surface area (Å²) in [4.78, 5) is 10.4. The molecule has 0 aliphatic carbocycles. The quantitative estimate of drug-likeness (QED) is 0.888. The molecule has 4 nitrogen and oxygen atoms in total. The highest BCUT2D eigenvalue weighted by atomic mass is 32.1. The van der Waals surface area contributed by atoms with Crippen LogP contribution in [0.4, 0.5) is 5.13 Å². The summed E-state index contributed by atoms with van der Waals surface area (Å²) in [7, 11) is 2.26. The van der Waals surface area contributed by atoms with Crippen molar-refractivity contribution in [1.29, 1.82) is 0 Å². The molecule has 18 heavy (non-hydrogen) atoms. The molecule has 3 rings (SSSR count). The smallest absolute Gasteiger partial charge is 0.185 e. The molecule has 0 saturated carbocycles. The highest BCUT2D eigenvalue weighted by Crippen LogP contribution is 2.33. The molecule has 3 atom stereocenters. The Morgan fingerprint density at radius 2 is 2.17 bits per heavy atom. The van der Waals surface area contributed by atoms with Crippen molar-refractivity contribution >= 4 is 16.5 Å². The third-order valence-corrected chi connectivity index (χ3v) is 5.57. The molecule has 0 spiro atoms. The number of likely N-dealkylation sites (N-methyl/N-ethyl adjacent to an activating group) is 1. The molecule has 1 aromatic heterocycles. The van der Waals surface area contributed by atoms with Crippen LogP contribution in [0.15, 0.2) is 6.20 Å². The summed E-state index contributed by atoms with van der Waals surface area (Å²) in [6.07, 6.45) is 5.31. The second kappa shape index (κ2) is 4.79. The first-order valence-corrected chi connectivity index (χ1v) is 7.57. The Balaban J connectivity index is 1.76. The maximum absolute atomic E-state index is 9.58. The van der Waals surface area contributed by atoms with Crippen LogP contribution in [-0.4, -0.2) is 47.2 Å². The molecular formula is C13H21N3OS. The Hall–Kier alpha value is -0.650. The second-order valence-electron chi connectivity index (χ2n) is 5.51. The molecule has 2 aliphatic rings. The fraction of sp³-hybridized carbons (Fsp3) is 0.769. The molecule has 2 bridgehead atoms. The van der Waals surface area contributed by atoms with E-state index < -0.39 is 6.10 Å². The first-order chi connectivity index (χ1) is 8.65. The zero-order valence-electron chi connectivity index (χ0n) is 11.0. The van der Waals surface area contributed by atoms with Crippen molar-refractivity contribution < 1.29 is 5.11 Å². The lowest BCUT2D eigenvalue weighted by Gasteiger charge is -2.25. The van der Waals surface area contributed by atoms with Gasteiger partial charge >= 0.3 is 0 Å². The molecule has 5 heteroatoms. The van der Waals surface area contributed by atoms with Crippen LogP contribution in [0.25, 0.3) is 0 Å². The van der Waals surface area contributed by atoms with Crippen LogP contribution < -0.4 is 4.90 Å². The van der Waals surface area contributed by atoms with Crippen LogP contribution in [0.3, 0.4) is 0 Å². The molecule has 1 aromatic rings. The first kappa shape index (κ1) is 12.4. The molecule has 3 heterocycles. The molecule has 3 unspecified atom stereocenters. The van der Waals surface area contributed by atoms with Crippen molar-refractivity contribution in [2.75, 3.05) is 25.0 Å². The number of aromatic nitrogens is 1. The van der Waals surface area contributed by atoms with Gasteiger partial charge in [0.25, 0.3) is 0 Å². The fourth-order valence-electron chi connectivity index (χ4n) is 3.10. The van der Waals surface area contributed by atoms with Crippen molar-refractivity contribution in [2.45, 2.75) is 44.4 Å². The van der Waals surface area contributed by atoms with Gasteiger partial charge in [-0.25, -0.2) is 4.98 Å². The van der Waals surface area contributed by atoms with Gasteiger partial charge in [0, 0.05) is 31.4 Å². The van der Waals surface area contributed by atoms with E-state index in [0.29, 0.717) is 6.04 Å². The number of anilines is 1. The Morgan fingerprint density at radius 3 is 2.89 bits per heavy atom. The summed E-state index contributed by atoms with van der Waals surface area (Å²) in [5, 5.41) is 10.7. The van der Waals surface area contributed by atoms with Gasteiger partial charge in [0.1, 0.15) is 0 Å². The summed E-state index contributed by atoms with van der Waals surface area (Å²) in [6, 6.07) is 1.44. The number of fused-ring (bicyclic) bond motifs is 2. The van der Waals surface area contributed by atoms with E-state index in [0.717, 1.165) is 29.1 Å². The maximum atomic E-state index is 9.58. The molecular weight excluding hydrogens is 246 g/mol. The Kier molecular flexibility index (Phi) is 3.30. The average molecular weight is 267 g/mol. The number of aliphatic hydroxyl groups is 1. The third kappa shape index (κ3) is 2.15. The van der Waals surface area contributed by atoms with Crippen molar-refractivity contribution in [3.8, 4) is 0 Å². The number of aliphatic hydroxyl groups excluding tert-OH is 1. The Bertz CT molecular complexity index is 420. The van der Waals surface area contributed by atoms with Crippen molar-refractivity contribution in [2.24, 2.45) is 0 Å². The minimum Gasteiger partial charge on any atom is -0.388 e. The SMILES string of the molecule is CC(O)c1cnc(N2CCC3CCC(C2)N3C)s1. The lowest BCUT2D eigenvalue weighted by atomic mass is 10.1. The normalized spacial score (nSPS) is 30.5. The summed E-state index contributed by atoms with van der Waals surface area (Å²) in [5.41, 5.74) is 0. The second-order valence-corrected chi connectivity index (χ2v) is 6.55. The summed E-state index contributed by atoms with van der Waals surface area (Å²) in [5.74, 6) is 0. The number of hydrogen-bond donors (Lipinski definition) is 1. The van der Waals surface area contributed by atoms with Crippen molar-refractivity contribution in [1.82, 2.24) is 9.88 Å². The predicted octanol–water partition coefficient (Wildman–Crippen LogP) is 1.87. The number of hydrogen-bond acceptors (Lipinski definition) is 5. The van der Waals surface area contributed by atoms with Gasteiger partial charge in [-0.3, -0.25) is 4.90 Å². The van der Waals surface area contributed by atoms with Crippen LogP contribution in [0.2, 0.25) is 0 Å². The van der Waals surface area contributed by atoms with E-state index in [2.05, 4.69) is 21.8 Å². The van der Waals surface area contributed by atoms with E-state index >= 15 is 0 Å². The average Bonchev–Trinajstić information content (AvgIpc) is 2.86. The minimum atomic E-state index is -0.401. The molecule has 0 aromatic carbocycles. The van der Waals surface area contributed by atoms with Gasteiger partial charge in [-0.2, -0.15) is 0 Å². The van der Waals surface area contributed by atoms with Gasteiger partial charge in [0.15, 0.2) is 5.13 Å². The van der Waals surface area contributed by atoms with E-state index in [-0.39, 0.29) is 0 Å². The monoisotopic (exact) mass is 267 g/mol. The zero-order chi connectivity index (χ0) is 12.7. The molecule has 2 aliphatic heterocycles.